The highest BCUT2D eigenvalue weighted by Crippen LogP contribution is 2.34. The Morgan fingerprint density at radius 1 is 1.08 bits per heavy atom. The van der Waals surface area contributed by atoms with Crippen molar-refractivity contribution >= 4 is 0 Å². The lowest BCUT2D eigenvalue weighted by Gasteiger charge is -2.36. The molecule has 78 valence electrons. The first kappa shape index (κ1) is 11.0. The third kappa shape index (κ3) is 3.28. The second-order valence-corrected chi connectivity index (χ2v) is 4.04. The van der Waals surface area contributed by atoms with Crippen molar-refractivity contribution in [1.82, 2.24) is 0 Å². The van der Waals surface area contributed by atoms with Gasteiger partial charge in [0, 0.05) is 20.8 Å². The molecule has 1 fully saturated rings. The smallest absolute Gasteiger partial charge is 0.0679 e. The lowest BCUT2D eigenvalue weighted by molar-refractivity contribution is -0.0498. The van der Waals surface area contributed by atoms with Crippen LogP contribution in [0.4, 0.5) is 0 Å². The van der Waals surface area contributed by atoms with Gasteiger partial charge in [0.25, 0.3) is 0 Å². The molecule has 0 unspecified atom stereocenters. The molecule has 0 amide bonds. The van der Waals surface area contributed by atoms with Gasteiger partial charge >= 0.3 is 0 Å². The zero-order chi connectivity index (χ0) is 9.57. The number of methoxy groups -OCH3 is 2. The molecule has 0 aromatic heterocycles. The Balaban J connectivity index is 2.29. The van der Waals surface area contributed by atoms with Crippen LogP contribution < -0.4 is 0 Å². The summed E-state index contributed by atoms with van der Waals surface area (Å²) in [6, 6.07) is 0. The number of ether oxygens (including phenoxy) is 2. The molecule has 1 rings (SSSR count). The number of rotatable bonds is 5. The number of hydrogen-bond donors (Lipinski definition) is 0. The maximum absolute atomic E-state index is 5.67. The summed E-state index contributed by atoms with van der Waals surface area (Å²) >= 11 is 0. The van der Waals surface area contributed by atoms with Crippen LogP contribution in [-0.2, 0) is 9.47 Å². The summed E-state index contributed by atoms with van der Waals surface area (Å²) in [6.07, 6.45) is 8.83. The second kappa shape index (κ2) is 5.61. The molecular formula is C11H22O2. The highest BCUT2D eigenvalue weighted by Gasteiger charge is 2.30. The highest BCUT2D eigenvalue weighted by atomic mass is 16.5. The van der Waals surface area contributed by atoms with E-state index in [1.54, 1.807) is 7.11 Å². The Morgan fingerprint density at radius 2 is 1.77 bits per heavy atom. The van der Waals surface area contributed by atoms with Crippen molar-refractivity contribution in [3.63, 3.8) is 0 Å². The van der Waals surface area contributed by atoms with Gasteiger partial charge in [0.1, 0.15) is 0 Å². The minimum absolute atomic E-state index is 0.191. The summed E-state index contributed by atoms with van der Waals surface area (Å²) < 4.78 is 10.7. The van der Waals surface area contributed by atoms with Gasteiger partial charge in [-0.3, -0.25) is 0 Å². The van der Waals surface area contributed by atoms with Crippen molar-refractivity contribution in [3.8, 4) is 0 Å². The second-order valence-electron chi connectivity index (χ2n) is 4.04. The fraction of sp³-hybridized carbons (Fsp3) is 1.00. The fourth-order valence-electron chi connectivity index (χ4n) is 2.29. The molecule has 0 spiro atoms. The average Bonchev–Trinajstić information content (AvgIpc) is 2.20. The van der Waals surface area contributed by atoms with E-state index in [1.165, 1.54) is 32.1 Å². The van der Waals surface area contributed by atoms with Crippen molar-refractivity contribution in [2.75, 3.05) is 20.8 Å². The van der Waals surface area contributed by atoms with Crippen LogP contribution in [0.15, 0.2) is 0 Å². The molecule has 0 atom stereocenters. The summed E-state index contributed by atoms with van der Waals surface area (Å²) in [6.45, 7) is 0.866. The first-order valence-electron chi connectivity index (χ1n) is 5.37. The van der Waals surface area contributed by atoms with Crippen LogP contribution in [0.2, 0.25) is 0 Å². The zero-order valence-corrected chi connectivity index (χ0v) is 8.97. The molecule has 0 heterocycles. The molecule has 0 radical (unpaired) electrons. The molecule has 0 N–H and O–H groups in total. The molecule has 2 nitrogen and oxygen atoms in total. The molecule has 0 aromatic carbocycles. The molecule has 1 aliphatic carbocycles. The molecule has 0 saturated heterocycles. The largest absolute Gasteiger partial charge is 0.385 e. The number of hydrogen-bond acceptors (Lipinski definition) is 2. The van der Waals surface area contributed by atoms with E-state index < -0.39 is 0 Å². The summed E-state index contributed by atoms with van der Waals surface area (Å²) in [5, 5.41) is 0. The van der Waals surface area contributed by atoms with E-state index in [9.17, 15) is 0 Å². The van der Waals surface area contributed by atoms with Gasteiger partial charge in [-0.25, -0.2) is 0 Å². The minimum atomic E-state index is 0.191. The van der Waals surface area contributed by atoms with Crippen LogP contribution in [0, 0.1) is 0 Å². The van der Waals surface area contributed by atoms with Gasteiger partial charge in [-0.15, -0.1) is 0 Å². The Bertz CT molecular complexity index is 128. The standard InChI is InChI=1S/C11H22O2/c1-12-10-6-9-11(13-2)7-4-3-5-8-11/h3-10H2,1-2H3. The average molecular weight is 186 g/mol. The van der Waals surface area contributed by atoms with E-state index >= 15 is 0 Å². The van der Waals surface area contributed by atoms with Crippen LogP contribution in [0.5, 0.6) is 0 Å². The fourth-order valence-corrected chi connectivity index (χ4v) is 2.29. The molecular weight excluding hydrogens is 164 g/mol. The summed E-state index contributed by atoms with van der Waals surface area (Å²) in [5.74, 6) is 0. The van der Waals surface area contributed by atoms with E-state index in [0.717, 1.165) is 19.4 Å². The van der Waals surface area contributed by atoms with E-state index in [1.807, 2.05) is 7.11 Å². The Hall–Kier alpha value is -0.0800. The van der Waals surface area contributed by atoms with Gasteiger partial charge < -0.3 is 9.47 Å². The molecule has 1 aliphatic rings. The lowest BCUT2D eigenvalue weighted by Crippen LogP contribution is -2.34. The van der Waals surface area contributed by atoms with Crippen molar-refractivity contribution < 1.29 is 9.47 Å². The van der Waals surface area contributed by atoms with Gasteiger partial charge in [-0.1, -0.05) is 19.3 Å². The summed E-state index contributed by atoms with van der Waals surface area (Å²) in [4.78, 5) is 0. The van der Waals surface area contributed by atoms with Crippen molar-refractivity contribution in [2.45, 2.75) is 50.5 Å². The van der Waals surface area contributed by atoms with Crippen LogP contribution in [0.25, 0.3) is 0 Å². The van der Waals surface area contributed by atoms with E-state index in [4.69, 9.17) is 9.47 Å². The van der Waals surface area contributed by atoms with Crippen LogP contribution in [0.3, 0.4) is 0 Å². The third-order valence-electron chi connectivity index (χ3n) is 3.18. The maximum Gasteiger partial charge on any atom is 0.0679 e. The monoisotopic (exact) mass is 186 g/mol. The summed E-state index contributed by atoms with van der Waals surface area (Å²) in [5.41, 5.74) is 0.191. The molecule has 0 aliphatic heterocycles. The van der Waals surface area contributed by atoms with Gasteiger partial charge in [-0.05, 0) is 25.7 Å². The van der Waals surface area contributed by atoms with Crippen molar-refractivity contribution in [1.29, 1.82) is 0 Å². The molecule has 1 saturated carbocycles. The Labute approximate surface area is 81.6 Å². The van der Waals surface area contributed by atoms with Gasteiger partial charge in [0.05, 0.1) is 5.60 Å². The van der Waals surface area contributed by atoms with Gasteiger partial charge in [0.2, 0.25) is 0 Å². The maximum atomic E-state index is 5.67. The SMILES string of the molecule is COCCCC1(OC)CCCCC1. The highest BCUT2D eigenvalue weighted by molar-refractivity contribution is 4.83. The van der Waals surface area contributed by atoms with Gasteiger partial charge in [-0.2, -0.15) is 0 Å². The molecule has 0 bridgehead atoms. The third-order valence-corrected chi connectivity index (χ3v) is 3.18. The van der Waals surface area contributed by atoms with E-state index in [-0.39, 0.29) is 5.60 Å². The van der Waals surface area contributed by atoms with Crippen LogP contribution >= 0.6 is 0 Å². The summed E-state index contributed by atoms with van der Waals surface area (Å²) in [7, 11) is 3.62. The lowest BCUT2D eigenvalue weighted by atomic mass is 9.81. The topological polar surface area (TPSA) is 18.5 Å². The Kier molecular flexibility index (Phi) is 4.74. The van der Waals surface area contributed by atoms with Crippen LogP contribution in [-0.4, -0.2) is 26.4 Å². The molecule has 0 aromatic rings. The zero-order valence-electron chi connectivity index (χ0n) is 8.97. The molecule has 2 heteroatoms. The molecule has 13 heavy (non-hydrogen) atoms. The Morgan fingerprint density at radius 3 is 2.31 bits per heavy atom. The first-order chi connectivity index (χ1) is 6.33. The first-order valence-corrected chi connectivity index (χ1v) is 5.37. The predicted octanol–water partition coefficient (Wildman–Crippen LogP) is 2.76. The predicted molar refractivity (Wildman–Crippen MR) is 53.9 cm³/mol. The minimum Gasteiger partial charge on any atom is -0.385 e. The van der Waals surface area contributed by atoms with Crippen LogP contribution in [0.1, 0.15) is 44.9 Å². The van der Waals surface area contributed by atoms with Gasteiger partial charge in [0.15, 0.2) is 0 Å². The van der Waals surface area contributed by atoms with E-state index in [2.05, 4.69) is 0 Å². The quantitative estimate of drug-likeness (QED) is 0.615. The van der Waals surface area contributed by atoms with Crippen molar-refractivity contribution in [2.24, 2.45) is 0 Å². The van der Waals surface area contributed by atoms with E-state index in [0.29, 0.717) is 0 Å². The normalized spacial score (nSPS) is 21.7. The van der Waals surface area contributed by atoms with Crippen molar-refractivity contribution in [3.05, 3.63) is 0 Å².